The number of primary sulfonamides is 1. The highest BCUT2D eigenvalue weighted by atomic mass is 32.2. The van der Waals surface area contributed by atoms with Crippen molar-refractivity contribution in [3.05, 3.63) is 53.5 Å². The van der Waals surface area contributed by atoms with Crippen LogP contribution in [0, 0.1) is 12.8 Å². The summed E-state index contributed by atoms with van der Waals surface area (Å²) < 4.78 is 28.2. The van der Waals surface area contributed by atoms with E-state index in [2.05, 4.69) is 12.1 Å². The highest BCUT2D eigenvalue weighted by Crippen LogP contribution is 2.25. The quantitative estimate of drug-likeness (QED) is 0.914. The molecule has 3 rings (SSSR count). The Balaban J connectivity index is 1.69. The summed E-state index contributed by atoms with van der Waals surface area (Å²) in [7, 11) is -3.89. The molecule has 6 nitrogen and oxygen atoms in total. The van der Waals surface area contributed by atoms with E-state index in [9.17, 15) is 13.2 Å². The Morgan fingerprint density at radius 1 is 1.33 bits per heavy atom. The Morgan fingerprint density at radius 3 is 2.67 bits per heavy atom. The number of carbonyl (C=O) groups is 1. The van der Waals surface area contributed by atoms with Crippen LogP contribution >= 0.6 is 0 Å². The lowest BCUT2D eigenvalue weighted by atomic mass is 9.99. The van der Waals surface area contributed by atoms with Crippen molar-refractivity contribution in [3.8, 4) is 0 Å². The molecule has 0 bridgehead atoms. The SMILES string of the molecule is Cc1oc(C(=O)N2CC[C@@H](Cc3ccccc3)C2)cc1S(N)(=O)=O. The largest absolute Gasteiger partial charge is 0.455 e. The first-order valence-corrected chi connectivity index (χ1v) is 9.35. The van der Waals surface area contributed by atoms with Crippen molar-refractivity contribution < 1.29 is 17.6 Å². The topological polar surface area (TPSA) is 93.6 Å². The van der Waals surface area contributed by atoms with Crippen LogP contribution in [0.3, 0.4) is 0 Å². The van der Waals surface area contributed by atoms with Gasteiger partial charge in [0.25, 0.3) is 5.91 Å². The molecule has 1 aromatic heterocycles. The van der Waals surface area contributed by atoms with E-state index in [1.807, 2.05) is 18.2 Å². The van der Waals surface area contributed by atoms with E-state index in [0.717, 1.165) is 12.8 Å². The molecule has 1 amide bonds. The predicted octanol–water partition coefficient (Wildman–Crippen LogP) is 1.94. The standard InChI is InChI=1S/C17H20N2O4S/c1-12-16(24(18,21)22)10-15(23-12)17(20)19-8-7-14(11-19)9-13-5-3-2-4-6-13/h2-6,10,14H,7-9,11H2,1H3,(H2,18,21,22)/t14-/m0/s1. The average Bonchev–Trinajstić information content (AvgIpc) is 3.14. The van der Waals surface area contributed by atoms with Crippen molar-refractivity contribution in [1.82, 2.24) is 4.90 Å². The van der Waals surface area contributed by atoms with Crippen LogP contribution in [0.5, 0.6) is 0 Å². The maximum absolute atomic E-state index is 12.5. The molecule has 24 heavy (non-hydrogen) atoms. The number of aryl methyl sites for hydroxylation is 1. The summed E-state index contributed by atoms with van der Waals surface area (Å²) >= 11 is 0. The van der Waals surface area contributed by atoms with E-state index < -0.39 is 10.0 Å². The minimum atomic E-state index is -3.89. The van der Waals surface area contributed by atoms with Crippen molar-refractivity contribution in [1.29, 1.82) is 0 Å². The molecule has 1 fully saturated rings. The summed E-state index contributed by atoms with van der Waals surface area (Å²) in [6.07, 6.45) is 1.84. The van der Waals surface area contributed by atoms with Gasteiger partial charge in [-0.3, -0.25) is 4.79 Å². The Bertz CT molecular complexity index is 843. The van der Waals surface area contributed by atoms with E-state index in [4.69, 9.17) is 9.56 Å². The predicted molar refractivity (Wildman–Crippen MR) is 89.0 cm³/mol. The zero-order valence-electron chi connectivity index (χ0n) is 13.4. The number of nitrogens with zero attached hydrogens (tertiary/aromatic N) is 1. The van der Waals surface area contributed by atoms with Crippen LogP contribution in [-0.2, 0) is 16.4 Å². The summed E-state index contributed by atoms with van der Waals surface area (Å²) in [5.41, 5.74) is 1.25. The van der Waals surface area contributed by atoms with Gasteiger partial charge in [-0.05, 0) is 31.2 Å². The van der Waals surface area contributed by atoms with Crippen molar-refractivity contribution in [2.24, 2.45) is 11.1 Å². The van der Waals surface area contributed by atoms with Crippen LogP contribution in [0.1, 0.15) is 28.3 Å². The lowest BCUT2D eigenvalue weighted by Gasteiger charge is -2.15. The van der Waals surface area contributed by atoms with Gasteiger partial charge in [0.15, 0.2) is 5.76 Å². The van der Waals surface area contributed by atoms with Crippen molar-refractivity contribution in [2.75, 3.05) is 13.1 Å². The molecular weight excluding hydrogens is 328 g/mol. The first-order valence-electron chi connectivity index (χ1n) is 7.81. The average molecular weight is 348 g/mol. The molecule has 2 N–H and O–H groups in total. The summed E-state index contributed by atoms with van der Waals surface area (Å²) in [5, 5.41) is 5.12. The molecule has 2 heterocycles. The van der Waals surface area contributed by atoms with Gasteiger partial charge in [0.2, 0.25) is 10.0 Å². The summed E-state index contributed by atoms with van der Waals surface area (Å²) in [5.74, 6) is 0.270. The number of nitrogens with two attached hydrogens (primary N) is 1. The first kappa shape index (κ1) is 16.7. The van der Waals surface area contributed by atoms with E-state index in [0.29, 0.717) is 19.0 Å². The van der Waals surface area contributed by atoms with E-state index in [-0.39, 0.29) is 22.3 Å². The van der Waals surface area contributed by atoms with Gasteiger partial charge >= 0.3 is 0 Å². The molecule has 0 spiro atoms. The third-order valence-corrected chi connectivity index (χ3v) is 5.35. The summed E-state index contributed by atoms with van der Waals surface area (Å²) in [4.78, 5) is 14.1. The van der Waals surface area contributed by atoms with Crippen molar-refractivity contribution in [3.63, 3.8) is 0 Å². The van der Waals surface area contributed by atoms with Crippen LogP contribution in [0.2, 0.25) is 0 Å². The molecule has 0 saturated carbocycles. The molecule has 0 radical (unpaired) electrons. The number of amides is 1. The van der Waals surface area contributed by atoms with Crippen LogP contribution in [0.4, 0.5) is 0 Å². The van der Waals surface area contributed by atoms with Crippen LogP contribution in [-0.4, -0.2) is 32.3 Å². The Labute approximate surface area is 141 Å². The van der Waals surface area contributed by atoms with E-state index >= 15 is 0 Å². The van der Waals surface area contributed by atoms with Crippen LogP contribution in [0.25, 0.3) is 0 Å². The van der Waals surface area contributed by atoms with Gasteiger partial charge in [-0.15, -0.1) is 0 Å². The molecule has 7 heteroatoms. The van der Waals surface area contributed by atoms with E-state index in [1.54, 1.807) is 4.90 Å². The first-order chi connectivity index (χ1) is 11.3. The number of hydrogen-bond acceptors (Lipinski definition) is 4. The molecule has 0 unspecified atom stereocenters. The minimum Gasteiger partial charge on any atom is -0.455 e. The lowest BCUT2D eigenvalue weighted by Crippen LogP contribution is -2.28. The highest BCUT2D eigenvalue weighted by molar-refractivity contribution is 7.89. The van der Waals surface area contributed by atoms with Crippen molar-refractivity contribution in [2.45, 2.75) is 24.7 Å². The molecule has 2 aromatic rings. The van der Waals surface area contributed by atoms with Gasteiger partial charge in [0.05, 0.1) is 0 Å². The van der Waals surface area contributed by atoms with Crippen molar-refractivity contribution >= 4 is 15.9 Å². The number of hydrogen-bond donors (Lipinski definition) is 1. The maximum Gasteiger partial charge on any atom is 0.289 e. The monoisotopic (exact) mass is 348 g/mol. The second-order valence-electron chi connectivity index (χ2n) is 6.17. The van der Waals surface area contributed by atoms with Crippen LogP contribution in [0.15, 0.2) is 45.7 Å². The van der Waals surface area contributed by atoms with Gasteiger partial charge in [0.1, 0.15) is 10.7 Å². The molecule has 1 atom stereocenters. The molecule has 1 aliphatic heterocycles. The normalized spacial score (nSPS) is 18.1. The molecule has 128 valence electrons. The molecule has 1 aromatic carbocycles. The lowest BCUT2D eigenvalue weighted by molar-refractivity contribution is 0.0754. The van der Waals surface area contributed by atoms with Gasteiger partial charge in [-0.25, -0.2) is 13.6 Å². The number of sulfonamides is 1. The zero-order chi connectivity index (χ0) is 17.3. The van der Waals surface area contributed by atoms with Crippen LogP contribution < -0.4 is 5.14 Å². The van der Waals surface area contributed by atoms with Gasteiger partial charge < -0.3 is 9.32 Å². The third-order valence-electron chi connectivity index (χ3n) is 4.33. The second kappa shape index (κ2) is 6.41. The van der Waals surface area contributed by atoms with Gasteiger partial charge in [-0.2, -0.15) is 0 Å². The van der Waals surface area contributed by atoms with Gasteiger partial charge in [0, 0.05) is 19.2 Å². The fourth-order valence-electron chi connectivity index (χ4n) is 3.14. The molecule has 1 aliphatic rings. The summed E-state index contributed by atoms with van der Waals surface area (Å²) in [6, 6.07) is 11.4. The number of rotatable bonds is 4. The number of likely N-dealkylation sites (tertiary alicyclic amines) is 1. The second-order valence-corrected chi connectivity index (χ2v) is 7.70. The fraction of sp³-hybridized carbons (Fsp3) is 0.353. The number of furan rings is 1. The third kappa shape index (κ3) is 3.52. The summed E-state index contributed by atoms with van der Waals surface area (Å²) in [6.45, 7) is 2.76. The molecule has 1 saturated heterocycles. The number of benzene rings is 1. The molecular formula is C17H20N2O4S. The highest BCUT2D eigenvalue weighted by Gasteiger charge is 2.30. The Kier molecular flexibility index (Phi) is 4.47. The minimum absolute atomic E-state index is 0.0249. The number of carbonyl (C=O) groups excluding carboxylic acids is 1. The molecule has 0 aliphatic carbocycles. The zero-order valence-corrected chi connectivity index (χ0v) is 14.3. The van der Waals surface area contributed by atoms with E-state index in [1.165, 1.54) is 18.6 Å². The fourth-order valence-corrected chi connectivity index (χ4v) is 3.85. The van der Waals surface area contributed by atoms with Gasteiger partial charge in [-0.1, -0.05) is 30.3 Å². The Hall–Kier alpha value is -2.12. The Morgan fingerprint density at radius 2 is 2.04 bits per heavy atom. The smallest absolute Gasteiger partial charge is 0.289 e. The maximum atomic E-state index is 12.5.